The fourth-order valence-corrected chi connectivity index (χ4v) is 0.881. The van der Waals surface area contributed by atoms with Crippen molar-refractivity contribution in [1.82, 2.24) is 5.32 Å². The summed E-state index contributed by atoms with van der Waals surface area (Å²) in [5.41, 5.74) is 0.345. The molecular weight excluding hydrogens is 178 g/mol. The van der Waals surface area contributed by atoms with Gasteiger partial charge in [-0.1, -0.05) is 34.6 Å². The molecule has 0 unspecified atom stereocenters. The van der Waals surface area contributed by atoms with Gasteiger partial charge in [0.1, 0.15) is 0 Å². The largest absolute Gasteiger partial charge is 0.453 e. The lowest BCUT2D eigenvalue weighted by molar-refractivity contribution is 0.170. The number of hydrogen-bond acceptors (Lipinski definition) is 2. The Morgan fingerprint density at radius 3 is 2.14 bits per heavy atom. The fourth-order valence-electron chi connectivity index (χ4n) is 0.881. The van der Waals surface area contributed by atoms with E-state index in [4.69, 9.17) is 0 Å². The first-order valence-electron chi connectivity index (χ1n) is 5.27. The Hall–Kier alpha value is -0.730. The van der Waals surface area contributed by atoms with Gasteiger partial charge in [-0.15, -0.1) is 0 Å². The first-order valence-corrected chi connectivity index (χ1v) is 5.27. The summed E-state index contributed by atoms with van der Waals surface area (Å²) in [5, 5.41) is 2.64. The highest BCUT2D eigenvalue weighted by atomic mass is 16.5. The number of hydrogen-bond donors (Lipinski definition) is 1. The highest BCUT2D eigenvalue weighted by Crippen LogP contribution is 2.19. The molecule has 0 radical (unpaired) electrons. The molecule has 0 spiro atoms. The first kappa shape index (κ1) is 15.7. The van der Waals surface area contributed by atoms with Gasteiger partial charge in [0.2, 0.25) is 0 Å². The van der Waals surface area contributed by atoms with Gasteiger partial charge in [-0.05, 0) is 18.3 Å². The van der Waals surface area contributed by atoms with Gasteiger partial charge in [-0.25, -0.2) is 4.79 Å². The topological polar surface area (TPSA) is 38.3 Å². The number of amides is 1. The van der Waals surface area contributed by atoms with E-state index < -0.39 is 0 Å². The van der Waals surface area contributed by atoms with Crippen LogP contribution in [0.1, 0.15) is 47.5 Å². The van der Waals surface area contributed by atoms with Crippen LogP contribution in [0, 0.1) is 5.41 Å². The maximum atomic E-state index is 10.6. The smallest absolute Gasteiger partial charge is 0.406 e. The van der Waals surface area contributed by atoms with Crippen LogP contribution in [0.25, 0.3) is 0 Å². The zero-order chi connectivity index (χ0) is 11.6. The quantitative estimate of drug-likeness (QED) is 0.715. The SMILES string of the molecule is CC.COC(=O)NCCCC(C)(C)C. The second-order valence-corrected chi connectivity index (χ2v) is 4.08. The summed E-state index contributed by atoms with van der Waals surface area (Å²) >= 11 is 0. The van der Waals surface area contributed by atoms with Gasteiger partial charge in [0.05, 0.1) is 7.11 Å². The third-order valence-electron chi connectivity index (χ3n) is 1.56. The highest BCUT2D eigenvalue weighted by molar-refractivity contribution is 5.66. The number of rotatable bonds is 3. The van der Waals surface area contributed by atoms with E-state index >= 15 is 0 Å². The maximum absolute atomic E-state index is 10.6. The summed E-state index contributed by atoms with van der Waals surface area (Å²) < 4.78 is 4.43. The molecule has 0 heterocycles. The monoisotopic (exact) mass is 203 g/mol. The van der Waals surface area contributed by atoms with E-state index in [1.807, 2.05) is 13.8 Å². The number of carbonyl (C=O) groups excluding carboxylic acids is 1. The zero-order valence-electron chi connectivity index (χ0n) is 10.4. The predicted octanol–water partition coefficient (Wildman–Crippen LogP) is 3.19. The molecule has 86 valence electrons. The lowest BCUT2D eigenvalue weighted by atomic mass is 9.91. The highest BCUT2D eigenvalue weighted by Gasteiger charge is 2.09. The molecule has 0 aliphatic rings. The van der Waals surface area contributed by atoms with Crippen molar-refractivity contribution in [3.63, 3.8) is 0 Å². The van der Waals surface area contributed by atoms with Gasteiger partial charge in [0.15, 0.2) is 0 Å². The van der Waals surface area contributed by atoms with Crippen molar-refractivity contribution in [2.75, 3.05) is 13.7 Å². The summed E-state index contributed by atoms with van der Waals surface area (Å²) in [7, 11) is 1.37. The molecule has 3 heteroatoms. The zero-order valence-corrected chi connectivity index (χ0v) is 10.4. The van der Waals surface area contributed by atoms with Crippen LogP contribution in [-0.4, -0.2) is 19.7 Å². The van der Waals surface area contributed by atoms with Gasteiger partial charge >= 0.3 is 6.09 Å². The Morgan fingerprint density at radius 1 is 1.29 bits per heavy atom. The molecule has 0 saturated heterocycles. The molecule has 0 aliphatic carbocycles. The third-order valence-corrected chi connectivity index (χ3v) is 1.56. The molecule has 0 aromatic heterocycles. The molecule has 0 atom stereocenters. The normalized spacial score (nSPS) is 9.86. The molecular formula is C11H25NO2. The van der Waals surface area contributed by atoms with E-state index in [1.165, 1.54) is 7.11 Å². The van der Waals surface area contributed by atoms with Crippen LogP contribution in [0.4, 0.5) is 4.79 Å². The van der Waals surface area contributed by atoms with Crippen LogP contribution in [-0.2, 0) is 4.74 Å². The molecule has 1 N–H and O–H groups in total. The van der Waals surface area contributed by atoms with Crippen molar-refractivity contribution in [3.8, 4) is 0 Å². The van der Waals surface area contributed by atoms with Crippen LogP contribution in [0.2, 0.25) is 0 Å². The Kier molecular flexibility index (Phi) is 9.94. The summed E-state index contributed by atoms with van der Waals surface area (Å²) in [4.78, 5) is 10.6. The van der Waals surface area contributed by atoms with Gasteiger partial charge in [0, 0.05) is 6.54 Å². The Bertz CT molecular complexity index is 139. The summed E-state index contributed by atoms with van der Waals surface area (Å²) in [6.45, 7) is 11.3. The van der Waals surface area contributed by atoms with E-state index in [0.29, 0.717) is 12.0 Å². The molecule has 0 rings (SSSR count). The minimum absolute atomic E-state index is 0.344. The predicted molar refractivity (Wildman–Crippen MR) is 60.4 cm³/mol. The van der Waals surface area contributed by atoms with Crippen LogP contribution in [0.15, 0.2) is 0 Å². The van der Waals surface area contributed by atoms with Crippen molar-refractivity contribution in [2.24, 2.45) is 5.41 Å². The number of alkyl carbamates (subject to hydrolysis) is 1. The second kappa shape index (κ2) is 8.85. The summed E-state index contributed by atoms with van der Waals surface area (Å²) in [6.07, 6.45) is 1.76. The van der Waals surface area contributed by atoms with Gasteiger partial charge in [-0.3, -0.25) is 0 Å². The van der Waals surface area contributed by atoms with Crippen molar-refractivity contribution in [3.05, 3.63) is 0 Å². The van der Waals surface area contributed by atoms with Crippen LogP contribution >= 0.6 is 0 Å². The van der Waals surface area contributed by atoms with E-state index in [1.54, 1.807) is 0 Å². The Labute approximate surface area is 88.2 Å². The Balaban J connectivity index is 0. The lowest BCUT2D eigenvalue weighted by Crippen LogP contribution is -2.24. The Morgan fingerprint density at radius 2 is 1.79 bits per heavy atom. The minimum Gasteiger partial charge on any atom is -0.453 e. The molecule has 0 aliphatic heterocycles. The van der Waals surface area contributed by atoms with Crippen LogP contribution < -0.4 is 5.32 Å². The van der Waals surface area contributed by atoms with Crippen LogP contribution in [0.3, 0.4) is 0 Å². The molecule has 0 saturated carbocycles. The number of carbonyl (C=O) groups is 1. The molecule has 0 fully saturated rings. The number of methoxy groups -OCH3 is 1. The third kappa shape index (κ3) is 13.8. The summed E-state index contributed by atoms with van der Waals surface area (Å²) in [5.74, 6) is 0. The number of nitrogens with one attached hydrogen (secondary N) is 1. The van der Waals surface area contributed by atoms with E-state index in [9.17, 15) is 4.79 Å². The lowest BCUT2D eigenvalue weighted by Gasteiger charge is -2.17. The molecule has 1 amide bonds. The average molecular weight is 203 g/mol. The number of ether oxygens (including phenoxy) is 1. The summed E-state index contributed by atoms with van der Waals surface area (Å²) in [6, 6.07) is 0. The van der Waals surface area contributed by atoms with Crippen molar-refractivity contribution >= 4 is 6.09 Å². The molecule has 0 aromatic carbocycles. The van der Waals surface area contributed by atoms with Crippen molar-refractivity contribution in [2.45, 2.75) is 47.5 Å². The molecule has 0 bridgehead atoms. The standard InChI is InChI=1S/C9H19NO2.C2H6/c1-9(2,3)6-5-7-10-8(11)12-4;1-2/h5-7H2,1-4H3,(H,10,11);1-2H3. The average Bonchev–Trinajstić information content (AvgIpc) is 2.14. The van der Waals surface area contributed by atoms with Gasteiger partial charge in [0.25, 0.3) is 0 Å². The maximum Gasteiger partial charge on any atom is 0.406 e. The van der Waals surface area contributed by atoms with Crippen molar-refractivity contribution < 1.29 is 9.53 Å². The molecule has 0 aromatic rings. The minimum atomic E-state index is -0.344. The first-order chi connectivity index (χ1) is 6.45. The van der Waals surface area contributed by atoms with Crippen LogP contribution in [0.5, 0.6) is 0 Å². The van der Waals surface area contributed by atoms with Crippen molar-refractivity contribution in [1.29, 1.82) is 0 Å². The second-order valence-electron chi connectivity index (χ2n) is 4.08. The van der Waals surface area contributed by atoms with E-state index in [0.717, 1.165) is 12.8 Å². The van der Waals surface area contributed by atoms with E-state index in [2.05, 4.69) is 30.8 Å². The molecule has 14 heavy (non-hydrogen) atoms. The van der Waals surface area contributed by atoms with Gasteiger partial charge < -0.3 is 10.1 Å². The fraction of sp³-hybridized carbons (Fsp3) is 0.909. The van der Waals surface area contributed by atoms with E-state index in [-0.39, 0.29) is 6.09 Å². The van der Waals surface area contributed by atoms with Gasteiger partial charge in [-0.2, -0.15) is 0 Å². The molecule has 3 nitrogen and oxygen atoms in total.